The van der Waals surface area contributed by atoms with Gasteiger partial charge in [-0.05, 0) is 54.6 Å². The largest absolute Gasteiger partial charge is 0.455 e. The van der Waals surface area contributed by atoms with Crippen LogP contribution in [0, 0.1) is 0 Å². The van der Waals surface area contributed by atoms with E-state index >= 15 is 0 Å². The van der Waals surface area contributed by atoms with Crippen molar-refractivity contribution in [3.8, 4) is 28.3 Å². The number of benzene rings is 6. The zero-order valence-corrected chi connectivity index (χ0v) is 24.8. The van der Waals surface area contributed by atoms with E-state index in [1.807, 2.05) is 12.1 Å². The fraction of sp³-hybridized carbons (Fsp3) is 0. The first-order chi connectivity index (χ1) is 22.3. The average Bonchev–Trinajstić information content (AvgIpc) is 3.77. The molecule has 4 heterocycles. The van der Waals surface area contributed by atoms with E-state index in [1.54, 1.807) is 11.3 Å². The molecule has 0 radical (unpaired) electrons. The highest BCUT2D eigenvalue weighted by Gasteiger charge is 2.21. The Morgan fingerprint density at radius 2 is 1.29 bits per heavy atom. The smallest absolute Gasteiger partial charge is 0.161 e. The maximum absolute atomic E-state index is 6.51. The highest BCUT2D eigenvalue weighted by molar-refractivity contribution is 7.25. The number of hydrogen-bond acceptors (Lipinski definition) is 4. The number of rotatable bonds is 3. The van der Waals surface area contributed by atoms with E-state index in [9.17, 15) is 0 Å². The van der Waals surface area contributed by atoms with Crippen molar-refractivity contribution in [3.63, 3.8) is 0 Å². The van der Waals surface area contributed by atoms with E-state index in [0.717, 1.165) is 65.6 Å². The van der Waals surface area contributed by atoms with Crippen molar-refractivity contribution in [1.82, 2.24) is 14.5 Å². The molecule has 0 atom stereocenters. The molecule has 45 heavy (non-hydrogen) atoms. The predicted octanol–water partition coefficient (Wildman–Crippen LogP) is 11.2. The van der Waals surface area contributed by atoms with Crippen molar-refractivity contribution >= 4 is 75.4 Å². The van der Waals surface area contributed by atoms with E-state index in [-0.39, 0.29) is 0 Å². The van der Waals surface area contributed by atoms with Gasteiger partial charge in [0.25, 0.3) is 0 Å². The SMILES string of the molecule is c1ccc(-n2c3ccccc3c3cc(-c4nc(-c5cccc6c5oc5ccccc56)c5c(n4)sc4ccccc45)ccc32)cc1. The molecule has 0 aliphatic heterocycles. The van der Waals surface area contributed by atoms with Crippen LogP contribution in [0.3, 0.4) is 0 Å². The van der Waals surface area contributed by atoms with Crippen molar-refractivity contribution < 1.29 is 4.42 Å². The first-order valence-corrected chi connectivity index (χ1v) is 15.8. The summed E-state index contributed by atoms with van der Waals surface area (Å²) >= 11 is 1.71. The molecule has 0 saturated carbocycles. The number of furan rings is 1. The molecular formula is C40H23N3OS. The van der Waals surface area contributed by atoms with Crippen LogP contribution in [0.4, 0.5) is 0 Å². The van der Waals surface area contributed by atoms with Gasteiger partial charge in [0, 0.05) is 53.8 Å². The van der Waals surface area contributed by atoms with E-state index in [2.05, 4.69) is 132 Å². The molecule has 0 aliphatic rings. The molecule has 4 aromatic heterocycles. The summed E-state index contributed by atoms with van der Waals surface area (Å²) < 4.78 is 10.0. The van der Waals surface area contributed by atoms with E-state index in [0.29, 0.717) is 5.82 Å². The summed E-state index contributed by atoms with van der Waals surface area (Å²) in [6, 6.07) is 48.8. The lowest BCUT2D eigenvalue weighted by Gasteiger charge is -2.09. The third-order valence-electron chi connectivity index (χ3n) is 8.84. The van der Waals surface area contributed by atoms with Gasteiger partial charge in [-0.15, -0.1) is 11.3 Å². The third-order valence-corrected chi connectivity index (χ3v) is 9.91. The number of fused-ring (bicyclic) bond motifs is 9. The molecule has 0 N–H and O–H groups in total. The summed E-state index contributed by atoms with van der Waals surface area (Å²) in [5, 5.41) is 6.80. The summed E-state index contributed by atoms with van der Waals surface area (Å²) in [6.45, 7) is 0. The molecule has 5 heteroatoms. The van der Waals surface area contributed by atoms with Crippen molar-refractivity contribution in [1.29, 1.82) is 0 Å². The van der Waals surface area contributed by atoms with Gasteiger partial charge in [-0.2, -0.15) is 0 Å². The molecule has 10 rings (SSSR count). The van der Waals surface area contributed by atoms with Crippen molar-refractivity contribution in [2.75, 3.05) is 0 Å². The third kappa shape index (κ3) is 3.59. The standard InChI is InChI=1S/C40H23N3OS/c1-2-11-25(12-3-1)43-32-18-7-4-13-26(32)31-23-24(21-22-33(31)43)39-41-37(36-29-15-6-9-20-35(29)45-40(36)42-39)30-17-10-16-28-27-14-5-8-19-34(27)44-38(28)30/h1-23H. The van der Waals surface area contributed by atoms with Gasteiger partial charge in [-0.3, -0.25) is 0 Å². The molecule has 4 nitrogen and oxygen atoms in total. The van der Waals surface area contributed by atoms with Crippen LogP contribution < -0.4 is 0 Å². The summed E-state index contributed by atoms with van der Waals surface area (Å²) in [5.74, 6) is 0.704. The Morgan fingerprint density at radius 3 is 2.20 bits per heavy atom. The van der Waals surface area contributed by atoms with Gasteiger partial charge in [-0.25, -0.2) is 9.97 Å². The van der Waals surface area contributed by atoms with Gasteiger partial charge in [0.1, 0.15) is 16.0 Å². The molecule has 0 bridgehead atoms. The Labute approximate surface area is 261 Å². The lowest BCUT2D eigenvalue weighted by Crippen LogP contribution is -1.95. The van der Waals surface area contributed by atoms with Crippen LogP contribution in [0.5, 0.6) is 0 Å². The van der Waals surface area contributed by atoms with Gasteiger partial charge in [0.05, 0.1) is 16.7 Å². The zero-order valence-electron chi connectivity index (χ0n) is 23.9. The quantitative estimate of drug-likeness (QED) is 0.205. The van der Waals surface area contributed by atoms with Crippen LogP contribution in [-0.4, -0.2) is 14.5 Å². The van der Waals surface area contributed by atoms with Crippen LogP contribution in [0.2, 0.25) is 0 Å². The summed E-state index contributed by atoms with van der Waals surface area (Å²) in [7, 11) is 0. The van der Waals surface area contributed by atoms with Crippen LogP contribution in [0.25, 0.3) is 92.4 Å². The van der Waals surface area contributed by atoms with Crippen LogP contribution in [-0.2, 0) is 0 Å². The number of nitrogens with zero attached hydrogens (tertiary/aromatic N) is 3. The maximum atomic E-state index is 6.51. The molecule has 210 valence electrons. The Morgan fingerprint density at radius 1 is 0.556 bits per heavy atom. The fourth-order valence-corrected chi connectivity index (χ4v) is 7.92. The number of para-hydroxylation sites is 4. The monoisotopic (exact) mass is 593 g/mol. The summed E-state index contributed by atoms with van der Waals surface area (Å²) in [4.78, 5) is 11.5. The first kappa shape index (κ1) is 24.6. The molecule has 0 aliphatic carbocycles. The predicted molar refractivity (Wildman–Crippen MR) is 187 cm³/mol. The minimum Gasteiger partial charge on any atom is -0.455 e. The molecule has 0 spiro atoms. The van der Waals surface area contributed by atoms with Crippen molar-refractivity contribution in [3.05, 3.63) is 140 Å². The molecule has 0 unspecified atom stereocenters. The second-order valence-electron chi connectivity index (χ2n) is 11.4. The maximum Gasteiger partial charge on any atom is 0.161 e. The molecular weight excluding hydrogens is 571 g/mol. The number of thiophene rings is 1. The lowest BCUT2D eigenvalue weighted by molar-refractivity contribution is 0.670. The van der Waals surface area contributed by atoms with Crippen LogP contribution in [0.1, 0.15) is 0 Å². The summed E-state index contributed by atoms with van der Waals surface area (Å²) in [6.07, 6.45) is 0. The number of hydrogen-bond donors (Lipinski definition) is 0. The zero-order chi connectivity index (χ0) is 29.5. The van der Waals surface area contributed by atoms with Crippen LogP contribution >= 0.6 is 11.3 Å². The molecule has 10 aromatic rings. The molecule has 0 amide bonds. The second-order valence-corrected chi connectivity index (χ2v) is 12.4. The highest BCUT2D eigenvalue weighted by atomic mass is 32.1. The van der Waals surface area contributed by atoms with Gasteiger partial charge in [-0.1, -0.05) is 84.9 Å². The van der Waals surface area contributed by atoms with Crippen LogP contribution in [0.15, 0.2) is 144 Å². The van der Waals surface area contributed by atoms with Gasteiger partial charge >= 0.3 is 0 Å². The Kier molecular flexibility index (Phi) is 5.12. The normalized spacial score (nSPS) is 12.0. The van der Waals surface area contributed by atoms with E-state index in [4.69, 9.17) is 14.4 Å². The van der Waals surface area contributed by atoms with Gasteiger partial charge in [0.2, 0.25) is 0 Å². The summed E-state index contributed by atoms with van der Waals surface area (Å²) in [5.41, 5.74) is 8.04. The van der Waals surface area contributed by atoms with Gasteiger partial charge < -0.3 is 8.98 Å². The molecule has 6 aromatic carbocycles. The average molecular weight is 594 g/mol. The van der Waals surface area contributed by atoms with Gasteiger partial charge in [0.15, 0.2) is 5.82 Å². The minimum atomic E-state index is 0.704. The minimum absolute atomic E-state index is 0.704. The Balaban J connectivity index is 1.27. The Bertz CT molecular complexity index is 2770. The lowest BCUT2D eigenvalue weighted by atomic mass is 10.0. The van der Waals surface area contributed by atoms with Crippen molar-refractivity contribution in [2.45, 2.75) is 0 Å². The molecule has 0 fully saturated rings. The second kappa shape index (κ2) is 9.36. The van der Waals surface area contributed by atoms with E-state index in [1.165, 1.54) is 21.0 Å². The van der Waals surface area contributed by atoms with E-state index < -0.39 is 0 Å². The molecule has 0 saturated heterocycles. The number of aromatic nitrogens is 3. The van der Waals surface area contributed by atoms with Crippen molar-refractivity contribution in [2.24, 2.45) is 0 Å². The fourth-order valence-electron chi connectivity index (χ4n) is 6.85. The Hall–Kier alpha value is -5.78. The highest BCUT2D eigenvalue weighted by Crippen LogP contribution is 2.43. The first-order valence-electron chi connectivity index (χ1n) is 15.0. The topological polar surface area (TPSA) is 43.9 Å².